The molecule has 7 heteroatoms. The number of ether oxygens (including phenoxy) is 2. The minimum absolute atomic E-state index is 0.0138. The van der Waals surface area contributed by atoms with E-state index in [1.165, 1.54) is 0 Å². The van der Waals surface area contributed by atoms with Crippen LogP contribution in [0.15, 0.2) is 59.1 Å². The first-order chi connectivity index (χ1) is 15.6. The molecular weight excluding hydrogens is 472 g/mol. The molecule has 0 spiro atoms. The van der Waals surface area contributed by atoms with E-state index in [1.54, 1.807) is 0 Å². The number of benzene rings is 2. The Morgan fingerprint density at radius 2 is 1.69 bits per heavy atom. The largest absolute Gasteiger partial charge is 0.493 e. The predicted molar refractivity (Wildman–Crippen MR) is 126 cm³/mol. The van der Waals surface area contributed by atoms with Crippen molar-refractivity contribution in [1.82, 2.24) is 9.80 Å². The number of carbonyl (C=O) groups excluding carboxylic acids is 2. The summed E-state index contributed by atoms with van der Waals surface area (Å²) in [5.41, 5.74) is 0.215. The van der Waals surface area contributed by atoms with Crippen molar-refractivity contribution in [2.24, 2.45) is 5.41 Å². The number of morpholine rings is 1. The first kappa shape index (κ1) is 22.8. The Morgan fingerprint density at radius 1 is 0.969 bits per heavy atom. The molecule has 0 N–H and O–H groups in total. The Balaban J connectivity index is 1.53. The summed E-state index contributed by atoms with van der Waals surface area (Å²) in [5, 5.41) is 0. The topological polar surface area (TPSA) is 59.1 Å². The van der Waals surface area contributed by atoms with Crippen LogP contribution in [0.1, 0.15) is 29.6 Å². The minimum Gasteiger partial charge on any atom is -0.493 e. The molecule has 2 aromatic rings. The van der Waals surface area contributed by atoms with Gasteiger partial charge in [-0.2, -0.15) is 0 Å². The molecule has 0 aliphatic carbocycles. The van der Waals surface area contributed by atoms with Crippen LogP contribution in [0.5, 0.6) is 5.75 Å². The van der Waals surface area contributed by atoms with Crippen molar-refractivity contribution in [2.45, 2.75) is 19.3 Å². The summed E-state index contributed by atoms with van der Waals surface area (Å²) in [6, 6.07) is 17.1. The van der Waals surface area contributed by atoms with Gasteiger partial charge in [-0.3, -0.25) is 9.59 Å². The van der Waals surface area contributed by atoms with E-state index < -0.39 is 5.41 Å². The summed E-state index contributed by atoms with van der Waals surface area (Å²) in [7, 11) is 0. The summed E-state index contributed by atoms with van der Waals surface area (Å²) in [6.45, 7) is 3.96. The zero-order valence-corrected chi connectivity index (χ0v) is 19.8. The van der Waals surface area contributed by atoms with E-state index in [2.05, 4.69) is 15.9 Å². The Morgan fingerprint density at radius 3 is 2.44 bits per heavy atom. The third kappa shape index (κ3) is 5.51. The summed E-state index contributed by atoms with van der Waals surface area (Å²) < 4.78 is 12.3. The average Bonchev–Trinajstić information content (AvgIpc) is 2.84. The molecule has 2 aromatic carbocycles. The molecule has 1 atom stereocenters. The molecule has 4 rings (SSSR count). The molecule has 32 heavy (non-hydrogen) atoms. The lowest BCUT2D eigenvalue weighted by Crippen LogP contribution is -2.52. The Labute approximate surface area is 197 Å². The standard InChI is InChI=1S/C25H29BrN2O4/c26-22-10-5-4-9-21(22)24(30)28-12-6-11-25(18-28,19-32-20-7-2-1-3-8-20)17-23(29)27-13-15-31-16-14-27/h1-5,7-10H,6,11-19H2. The van der Waals surface area contributed by atoms with E-state index in [4.69, 9.17) is 9.47 Å². The van der Waals surface area contributed by atoms with Crippen molar-refractivity contribution in [1.29, 1.82) is 0 Å². The van der Waals surface area contributed by atoms with Gasteiger partial charge in [0.15, 0.2) is 0 Å². The van der Waals surface area contributed by atoms with Crippen molar-refractivity contribution >= 4 is 27.7 Å². The van der Waals surface area contributed by atoms with Gasteiger partial charge in [0.05, 0.1) is 25.4 Å². The molecule has 2 amide bonds. The van der Waals surface area contributed by atoms with Gasteiger partial charge in [0.2, 0.25) is 5.91 Å². The minimum atomic E-state index is -0.430. The number of hydrogen-bond acceptors (Lipinski definition) is 4. The maximum Gasteiger partial charge on any atom is 0.255 e. The van der Waals surface area contributed by atoms with Crippen LogP contribution in [-0.4, -0.2) is 67.6 Å². The highest BCUT2D eigenvalue weighted by Gasteiger charge is 2.41. The Bertz CT molecular complexity index is 933. The van der Waals surface area contributed by atoms with Gasteiger partial charge in [-0.1, -0.05) is 30.3 Å². The quantitative estimate of drug-likeness (QED) is 0.601. The SMILES string of the molecule is O=C(CC1(COc2ccccc2)CCCN(C(=O)c2ccccc2Br)C1)N1CCOCC1. The van der Waals surface area contributed by atoms with Crippen LogP contribution >= 0.6 is 15.9 Å². The number of likely N-dealkylation sites (tertiary alicyclic amines) is 1. The fraction of sp³-hybridized carbons (Fsp3) is 0.440. The van der Waals surface area contributed by atoms with Gasteiger partial charge in [0.1, 0.15) is 5.75 Å². The molecule has 2 aliphatic rings. The van der Waals surface area contributed by atoms with Crippen molar-refractivity contribution < 1.29 is 19.1 Å². The highest BCUT2D eigenvalue weighted by molar-refractivity contribution is 9.10. The molecule has 2 saturated heterocycles. The van der Waals surface area contributed by atoms with Crippen LogP contribution in [0.4, 0.5) is 0 Å². The first-order valence-corrected chi connectivity index (χ1v) is 11.9. The van der Waals surface area contributed by atoms with Crippen LogP contribution in [0, 0.1) is 5.41 Å². The van der Waals surface area contributed by atoms with Gasteiger partial charge < -0.3 is 19.3 Å². The van der Waals surface area contributed by atoms with Crippen LogP contribution in [0.25, 0.3) is 0 Å². The number of rotatable bonds is 6. The fourth-order valence-corrected chi connectivity index (χ4v) is 4.95. The highest BCUT2D eigenvalue weighted by atomic mass is 79.9. The highest BCUT2D eigenvalue weighted by Crippen LogP contribution is 2.36. The Kier molecular flexibility index (Phi) is 7.48. The third-order valence-electron chi connectivity index (χ3n) is 6.23. The fourth-order valence-electron chi connectivity index (χ4n) is 4.50. The van der Waals surface area contributed by atoms with Crippen LogP contribution in [0.2, 0.25) is 0 Å². The predicted octanol–water partition coefficient (Wildman–Crippen LogP) is 4.00. The zero-order valence-electron chi connectivity index (χ0n) is 18.2. The molecule has 6 nitrogen and oxygen atoms in total. The van der Waals surface area contributed by atoms with Crippen molar-refractivity contribution in [2.75, 3.05) is 46.0 Å². The first-order valence-electron chi connectivity index (χ1n) is 11.1. The zero-order chi connectivity index (χ0) is 22.4. The lowest BCUT2D eigenvalue weighted by atomic mass is 9.77. The molecule has 1 unspecified atom stereocenters. The monoisotopic (exact) mass is 500 g/mol. The molecule has 2 fully saturated rings. The normalized spacial score (nSPS) is 21.3. The number of piperidine rings is 1. The van der Waals surface area contributed by atoms with E-state index in [0.717, 1.165) is 23.1 Å². The second-order valence-electron chi connectivity index (χ2n) is 8.58. The Hall–Kier alpha value is -2.38. The van der Waals surface area contributed by atoms with Gasteiger partial charge >= 0.3 is 0 Å². The number of hydrogen-bond donors (Lipinski definition) is 0. The summed E-state index contributed by atoms with van der Waals surface area (Å²) in [5.74, 6) is 0.875. The van der Waals surface area contributed by atoms with Gasteiger partial charge in [-0.05, 0) is 53.0 Å². The molecular formula is C25H29BrN2O4. The van der Waals surface area contributed by atoms with Crippen molar-refractivity contribution in [3.05, 3.63) is 64.6 Å². The average molecular weight is 501 g/mol. The van der Waals surface area contributed by atoms with Crippen LogP contribution in [0.3, 0.4) is 0 Å². The number of para-hydroxylation sites is 1. The molecule has 170 valence electrons. The summed E-state index contributed by atoms with van der Waals surface area (Å²) in [4.78, 5) is 30.3. The second-order valence-corrected chi connectivity index (χ2v) is 9.44. The molecule has 0 radical (unpaired) electrons. The number of carbonyl (C=O) groups is 2. The second kappa shape index (κ2) is 10.5. The van der Waals surface area contributed by atoms with E-state index in [-0.39, 0.29) is 11.8 Å². The van der Waals surface area contributed by atoms with E-state index in [1.807, 2.05) is 64.4 Å². The van der Waals surface area contributed by atoms with E-state index in [0.29, 0.717) is 58.0 Å². The van der Waals surface area contributed by atoms with Gasteiger partial charge in [-0.15, -0.1) is 0 Å². The van der Waals surface area contributed by atoms with E-state index in [9.17, 15) is 9.59 Å². The van der Waals surface area contributed by atoms with Gasteiger partial charge in [0, 0.05) is 42.5 Å². The number of halogens is 1. The maximum absolute atomic E-state index is 13.3. The van der Waals surface area contributed by atoms with Gasteiger partial charge in [0.25, 0.3) is 5.91 Å². The maximum atomic E-state index is 13.3. The molecule has 0 bridgehead atoms. The summed E-state index contributed by atoms with van der Waals surface area (Å²) in [6.07, 6.45) is 2.04. The third-order valence-corrected chi connectivity index (χ3v) is 6.92. The van der Waals surface area contributed by atoms with Gasteiger partial charge in [-0.25, -0.2) is 0 Å². The number of amides is 2. The van der Waals surface area contributed by atoms with Crippen LogP contribution in [-0.2, 0) is 9.53 Å². The smallest absolute Gasteiger partial charge is 0.255 e. The van der Waals surface area contributed by atoms with E-state index >= 15 is 0 Å². The van der Waals surface area contributed by atoms with Crippen LogP contribution < -0.4 is 4.74 Å². The molecule has 2 heterocycles. The lowest BCUT2D eigenvalue weighted by Gasteiger charge is -2.43. The van der Waals surface area contributed by atoms with Crippen molar-refractivity contribution in [3.63, 3.8) is 0 Å². The molecule has 0 aromatic heterocycles. The van der Waals surface area contributed by atoms with Crippen molar-refractivity contribution in [3.8, 4) is 5.75 Å². The number of nitrogens with zero attached hydrogens (tertiary/aromatic N) is 2. The molecule has 0 saturated carbocycles. The molecule has 2 aliphatic heterocycles. The lowest BCUT2D eigenvalue weighted by molar-refractivity contribution is -0.139. The summed E-state index contributed by atoms with van der Waals surface area (Å²) >= 11 is 3.50.